The van der Waals surface area contributed by atoms with Crippen LogP contribution in [-0.4, -0.2) is 23.0 Å². The summed E-state index contributed by atoms with van der Waals surface area (Å²) in [4.78, 5) is 20.4. The molecule has 4 nitrogen and oxygen atoms in total. The number of imidazole rings is 1. The number of hydrogen-bond donors (Lipinski definition) is 1. The van der Waals surface area contributed by atoms with Crippen molar-refractivity contribution in [1.82, 2.24) is 9.97 Å². The molecule has 0 spiro atoms. The molecule has 0 amide bonds. The number of aromatic nitrogens is 2. The van der Waals surface area contributed by atoms with E-state index in [4.69, 9.17) is 0 Å². The second-order valence-electron chi connectivity index (χ2n) is 3.05. The molecule has 78 valence electrons. The van der Waals surface area contributed by atoms with Gasteiger partial charge in [0.15, 0.2) is 0 Å². The fourth-order valence-electron chi connectivity index (χ4n) is 1.22. The summed E-state index contributed by atoms with van der Waals surface area (Å²) in [5, 5.41) is 0. The summed E-state index contributed by atoms with van der Waals surface area (Å²) in [6, 6.07) is 3.99. The van der Waals surface area contributed by atoms with Crippen molar-refractivity contribution in [2.24, 2.45) is 0 Å². The topological polar surface area (TPSA) is 55.0 Å². The second kappa shape index (κ2) is 3.86. The predicted octanol–water partition coefficient (Wildman–Crippen LogP) is 2.23. The maximum atomic E-state index is 11.2. The van der Waals surface area contributed by atoms with Crippen LogP contribution < -0.4 is 0 Å². The Balaban J connectivity index is 2.31. The molecular formula is C10H10N2O2S. The van der Waals surface area contributed by atoms with E-state index in [1.54, 1.807) is 11.3 Å². The van der Waals surface area contributed by atoms with E-state index >= 15 is 0 Å². The Morgan fingerprint density at radius 1 is 1.53 bits per heavy atom. The molecular weight excluding hydrogens is 212 g/mol. The molecule has 5 heteroatoms. The molecule has 0 aromatic carbocycles. The van der Waals surface area contributed by atoms with E-state index < -0.39 is 5.97 Å². The molecule has 1 N–H and O–H groups in total. The van der Waals surface area contributed by atoms with Gasteiger partial charge in [0.05, 0.1) is 18.2 Å². The third-order valence-corrected chi connectivity index (χ3v) is 2.96. The molecule has 2 rings (SSSR count). The van der Waals surface area contributed by atoms with Crippen LogP contribution in [0.25, 0.3) is 10.7 Å². The van der Waals surface area contributed by atoms with Gasteiger partial charge in [-0.3, -0.25) is 0 Å². The van der Waals surface area contributed by atoms with Gasteiger partial charge >= 0.3 is 5.97 Å². The number of aryl methyl sites for hydroxylation is 1. The molecule has 0 aliphatic heterocycles. The van der Waals surface area contributed by atoms with E-state index in [-0.39, 0.29) is 0 Å². The fraction of sp³-hybridized carbons (Fsp3) is 0.200. The smallest absolute Gasteiger partial charge is 0.356 e. The van der Waals surface area contributed by atoms with E-state index in [1.807, 2.05) is 19.1 Å². The number of methoxy groups -OCH3 is 1. The summed E-state index contributed by atoms with van der Waals surface area (Å²) < 4.78 is 4.58. The number of rotatable bonds is 2. The van der Waals surface area contributed by atoms with Crippen LogP contribution in [0.1, 0.15) is 15.4 Å². The summed E-state index contributed by atoms with van der Waals surface area (Å²) in [7, 11) is 1.35. The molecule has 0 unspecified atom stereocenters. The van der Waals surface area contributed by atoms with Gasteiger partial charge in [-0.15, -0.1) is 11.3 Å². The Bertz CT molecular complexity index is 487. The zero-order chi connectivity index (χ0) is 10.8. The normalized spacial score (nSPS) is 10.3. The summed E-state index contributed by atoms with van der Waals surface area (Å²) in [5.74, 6) is 0.301. The van der Waals surface area contributed by atoms with Crippen molar-refractivity contribution in [1.29, 1.82) is 0 Å². The first-order valence-corrected chi connectivity index (χ1v) is 5.22. The maximum absolute atomic E-state index is 11.2. The quantitative estimate of drug-likeness (QED) is 0.793. The third-order valence-electron chi connectivity index (χ3n) is 1.95. The molecule has 0 saturated heterocycles. The van der Waals surface area contributed by atoms with Crippen LogP contribution in [0.5, 0.6) is 0 Å². The number of H-pyrrole nitrogens is 1. The average molecular weight is 222 g/mol. The average Bonchev–Trinajstić information content (AvgIpc) is 2.84. The molecule has 0 aliphatic carbocycles. The van der Waals surface area contributed by atoms with Crippen LogP contribution in [0, 0.1) is 6.92 Å². The summed E-state index contributed by atoms with van der Waals surface area (Å²) in [6.07, 6.45) is 1.48. The summed E-state index contributed by atoms with van der Waals surface area (Å²) in [5.41, 5.74) is 0.374. The standard InChI is InChI=1S/C10H10N2O2S/c1-6-3-4-8(15-6)9-11-5-7(12-9)10(13)14-2/h3-5H,1-2H3,(H,11,12). The number of thiophene rings is 1. The predicted molar refractivity (Wildman–Crippen MR) is 58.0 cm³/mol. The number of hydrogen-bond acceptors (Lipinski definition) is 4. The minimum Gasteiger partial charge on any atom is -0.464 e. The highest BCUT2D eigenvalue weighted by Gasteiger charge is 2.11. The van der Waals surface area contributed by atoms with Gasteiger partial charge < -0.3 is 9.72 Å². The Morgan fingerprint density at radius 3 is 2.93 bits per heavy atom. The number of ether oxygens (including phenoxy) is 1. The molecule has 15 heavy (non-hydrogen) atoms. The molecule has 0 saturated carbocycles. The van der Waals surface area contributed by atoms with E-state index in [9.17, 15) is 4.79 Å². The van der Waals surface area contributed by atoms with Gasteiger partial charge in [0, 0.05) is 4.88 Å². The zero-order valence-electron chi connectivity index (χ0n) is 8.40. The lowest BCUT2D eigenvalue weighted by Gasteiger charge is -1.92. The maximum Gasteiger partial charge on any atom is 0.356 e. The molecule has 2 aromatic rings. The minimum absolute atomic E-state index is 0.374. The number of nitrogens with zero attached hydrogens (tertiary/aromatic N) is 1. The first-order valence-electron chi connectivity index (χ1n) is 4.41. The number of carbonyl (C=O) groups is 1. The molecule has 0 fully saturated rings. The van der Waals surface area contributed by atoms with Gasteiger partial charge in [-0.1, -0.05) is 0 Å². The summed E-state index contributed by atoms with van der Waals surface area (Å²) >= 11 is 1.63. The zero-order valence-corrected chi connectivity index (χ0v) is 9.22. The number of esters is 1. The van der Waals surface area contributed by atoms with E-state index in [1.165, 1.54) is 18.2 Å². The second-order valence-corrected chi connectivity index (χ2v) is 4.34. The van der Waals surface area contributed by atoms with Gasteiger partial charge in [-0.05, 0) is 19.1 Å². The summed E-state index contributed by atoms with van der Waals surface area (Å²) in [6.45, 7) is 2.03. The fourth-order valence-corrected chi connectivity index (χ4v) is 2.04. The van der Waals surface area contributed by atoms with Crippen molar-refractivity contribution >= 4 is 17.3 Å². The lowest BCUT2D eigenvalue weighted by Crippen LogP contribution is -2.00. The Kier molecular flexibility index (Phi) is 2.55. The number of carbonyl (C=O) groups excluding carboxylic acids is 1. The van der Waals surface area contributed by atoms with E-state index in [0.29, 0.717) is 11.5 Å². The SMILES string of the molecule is COC(=O)c1cnc(-c2ccc(C)s2)[nH]1. The number of aromatic amines is 1. The van der Waals surface area contributed by atoms with Crippen LogP contribution in [0.2, 0.25) is 0 Å². The highest BCUT2D eigenvalue weighted by molar-refractivity contribution is 7.15. The molecule has 2 aromatic heterocycles. The van der Waals surface area contributed by atoms with Crippen molar-refractivity contribution in [3.05, 3.63) is 28.9 Å². The van der Waals surface area contributed by atoms with Crippen molar-refractivity contribution in [3.8, 4) is 10.7 Å². The molecule has 0 radical (unpaired) electrons. The highest BCUT2D eigenvalue weighted by Crippen LogP contribution is 2.24. The van der Waals surface area contributed by atoms with Crippen molar-refractivity contribution < 1.29 is 9.53 Å². The van der Waals surface area contributed by atoms with Gasteiger partial charge in [0.1, 0.15) is 11.5 Å². The Labute approximate surface area is 90.9 Å². The Morgan fingerprint density at radius 2 is 2.33 bits per heavy atom. The lowest BCUT2D eigenvalue weighted by molar-refractivity contribution is 0.0595. The van der Waals surface area contributed by atoms with E-state index in [2.05, 4.69) is 14.7 Å². The number of nitrogens with one attached hydrogen (secondary N) is 1. The third kappa shape index (κ3) is 1.92. The Hall–Kier alpha value is -1.62. The van der Waals surface area contributed by atoms with Crippen molar-refractivity contribution in [2.75, 3.05) is 7.11 Å². The van der Waals surface area contributed by atoms with Gasteiger partial charge in [-0.25, -0.2) is 9.78 Å². The molecule has 0 bridgehead atoms. The molecule has 0 aliphatic rings. The van der Waals surface area contributed by atoms with Gasteiger partial charge in [-0.2, -0.15) is 0 Å². The van der Waals surface area contributed by atoms with Crippen LogP contribution in [0.3, 0.4) is 0 Å². The highest BCUT2D eigenvalue weighted by atomic mass is 32.1. The first-order chi connectivity index (χ1) is 7.20. The lowest BCUT2D eigenvalue weighted by atomic mass is 10.4. The van der Waals surface area contributed by atoms with Crippen LogP contribution in [-0.2, 0) is 4.74 Å². The first kappa shape index (κ1) is 9.92. The van der Waals surface area contributed by atoms with Crippen molar-refractivity contribution in [2.45, 2.75) is 6.92 Å². The van der Waals surface area contributed by atoms with Crippen LogP contribution >= 0.6 is 11.3 Å². The minimum atomic E-state index is -0.401. The molecule has 0 atom stereocenters. The molecule has 2 heterocycles. The van der Waals surface area contributed by atoms with Crippen LogP contribution in [0.15, 0.2) is 18.3 Å². The monoisotopic (exact) mass is 222 g/mol. The van der Waals surface area contributed by atoms with Crippen molar-refractivity contribution in [3.63, 3.8) is 0 Å². The van der Waals surface area contributed by atoms with E-state index in [0.717, 1.165) is 4.88 Å². The largest absolute Gasteiger partial charge is 0.464 e. The van der Waals surface area contributed by atoms with Crippen LogP contribution in [0.4, 0.5) is 0 Å². The van der Waals surface area contributed by atoms with Gasteiger partial charge in [0.2, 0.25) is 0 Å². The van der Waals surface area contributed by atoms with Gasteiger partial charge in [0.25, 0.3) is 0 Å².